The van der Waals surface area contributed by atoms with Crippen LogP contribution in [0.25, 0.3) is 0 Å². The molecular formula is C11H13N5O2. The first-order valence-electron chi connectivity index (χ1n) is 5.53. The minimum atomic E-state index is -0.233. The predicted molar refractivity (Wildman–Crippen MR) is 63.9 cm³/mol. The summed E-state index contributed by atoms with van der Waals surface area (Å²) in [6.45, 7) is 2.85. The largest absolute Gasteiger partial charge is 0.370 e. The van der Waals surface area contributed by atoms with Gasteiger partial charge >= 0.3 is 0 Å². The van der Waals surface area contributed by atoms with Crippen molar-refractivity contribution in [2.75, 3.05) is 11.9 Å². The Morgan fingerprint density at radius 2 is 2.33 bits per heavy atom. The van der Waals surface area contributed by atoms with Crippen LogP contribution in [0.4, 0.5) is 5.82 Å². The maximum atomic E-state index is 12.0. The number of anilines is 1. The summed E-state index contributed by atoms with van der Waals surface area (Å²) in [5.41, 5.74) is 0.489. The lowest BCUT2D eigenvalue weighted by molar-refractivity contribution is 0.0950. The van der Waals surface area contributed by atoms with Crippen LogP contribution in [-0.4, -0.2) is 27.6 Å². The number of hydrogen-bond donors (Lipinski definition) is 2. The number of amides is 1. The van der Waals surface area contributed by atoms with E-state index in [1.807, 2.05) is 6.92 Å². The monoisotopic (exact) mass is 247 g/mol. The standard InChI is InChI=1S/C11H13N5O2/c1-2-12-10-8(4-3-5-13-10)11(17)14-6-9-15-7-18-16-9/h3-5,7H,2,6H2,1H3,(H,12,13)(H,14,17). The minimum Gasteiger partial charge on any atom is -0.370 e. The van der Waals surface area contributed by atoms with Crippen LogP contribution in [0.3, 0.4) is 0 Å². The average Bonchev–Trinajstić information content (AvgIpc) is 2.90. The summed E-state index contributed by atoms with van der Waals surface area (Å²) in [5, 5.41) is 9.33. The SMILES string of the molecule is CCNc1ncccc1C(=O)NCc1ncon1. The molecule has 2 rings (SSSR count). The number of nitrogens with one attached hydrogen (secondary N) is 2. The molecule has 0 radical (unpaired) electrons. The highest BCUT2D eigenvalue weighted by molar-refractivity contribution is 5.98. The van der Waals surface area contributed by atoms with Crippen molar-refractivity contribution >= 4 is 11.7 Å². The van der Waals surface area contributed by atoms with Crippen LogP contribution in [0.2, 0.25) is 0 Å². The van der Waals surface area contributed by atoms with Crippen molar-refractivity contribution in [1.29, 1.82) is 0 Å². The molecule has 0 bridgehead atoms. The molecule has 0 saturated heterocycles. The van der Waals surface area contributed by atoms with Crippen LogP contribution in [-0.2, 0) is 6.54 Å². The lowest BCUT2D eigenvalue weighted by atomic mass is 10.2. The quantitative estimate of drug-likeness (QED) is 0.812. The van der Waals surface area contributed by atoms with Crippen molar-refractivity contribution in [3.05, 3.63) is 36.1 Å². The molecule has 0 aromatic carbocycles. The molecule has 0 unspecified atom stereocenters. The molecule has 0 aliphatic carbocycles. The van der Waals surface area contributed by atoms with Gasteiger partial charge in [-0.15, -0.1) is 0 Å². The van der Waals surface area contributed by atoms with Crippen molar-refractivity contribution in [3.63, 3.8) is 0 Å². The smallest absolute Gasteiger partial charge is 0.255 e. The van der Waals surface area contributed by atoms with Gasteiger partial charge in [-0.25, -0.2) is 4.98 Å². The van der Waals surface area contributed by atoms with Crippen molar-refractivity contribution < 1.29 is 9.32 Å². The van der Waals surface area contributed by atoms with Gasteiger partial charge < -0.3 is 15.2 Å². The van der Waals surface area contributed by atoms with Crippen LogP contribution in [0.5, 0.6) is 0 Å². The highest BCUT2D eigenvalue weighted by Gasteiger charge is 2.11. The number of nitrogens with zero attached hydrogens (tertiary/aromatic N) is 3. The number of aromatic nitrogens is 3. The molecule has 2 aromatic rings. The predicted octanol–water partition coefficient (Wildman–Crippen LogP) is 0.826. The highest BCUT2D eigenvalue weighted by Crippen LogP contribution is 2.10. The lowest BCUT2D eigenvalue weighted by Gasteiger charge is -2.08. The number of hydrogen-bond acceptors (Lipinski definition) is 6. The molecule has 2 aromatic heterocycles. The summed E-state index contributed by atoms with van der Waals surface area (Å²) in [7, 11) is 0. The second kappa shape index (κ2) is 5.76. The van der Waals surface area contributed by atoms with E-state index in [9.17, 15) is 4.79 Å². The zero-order chi connectivity index (χ0) is 12.8. The fourth-order valence-corrected chi connectivity index (χ4v) is 1.42. The van der Waals surface area contributed by atoms with E-state index in [0.29, 0.717) is 23.8 Å². The summed E-state index contributed by atoms with van der Waals surface area (Å²) < 4.78 is 4.58. The van der Waals surface area contributed by atoms with Gasteiger partial charge in [0.05, 0.1) is 12.1 Å². The Balaban J connectivity index is 2.04. The number of pyridine rings is 1. The van der Waals surface area contributed by atoms with Gasteiger partial charge in [-0.1, -0.05) is 5.16 Å². The fraction of sp³-hybridized carbons (Fsp3) is 0.273. The molecular weight excluding hydrogens is 234 g/mol. The van der Waals surface area contributed by atoms with E-state index in [4.69, 9.17) is 0 Å². The molecule has 7 nitrogen and oxygen atoms in total. The molecule has 0 saturated carbocycles. The Morgan fingerprint density at radius 3 is 3.06 bits per heavy atom. The Morgan fingerprint density at radius 1 is 1.44 bits per heavy atom. The van der Waals surface area contributed by atoms with Gasteiger partial charge in [0.15, 0.2) is 5.82 Å². The van der Waals surface area contributed by atoms with E-state index in [1.54, 1.807) is 18.3 Å². The average molecular weight is 247 g/mol. The van der Waals surface area contributed by atoms with Gasteiger partial charge in [0.1, 0.15) is 5.82 Å². The maximum absolute atomic E-state index is 12.0. The molecule has 1 amide bonds. The van der Waals surface area contributed by atoms with E-state index >= 15 is 0 Å². The molecule has 94 valence electrons. The molecule has 2 N–H and O–H groups in total. The van der Waals surface area contributed by atoms with Crippen molar-refractivity contribution in [2.24, 2.45) is 0 Å². The van der Waals surface area contributed by atoms with Crippen LogP contribution < -0.4 is 10.6 Å². The number of rotatable bonds is 5. The maximum Gasteiger partial charge on any atom is 0.255 e. The lowest BCUT2D eigenvalue weighted by Crippen LogP contribution is -2.24. The molecule has 0 aliphatic rings. The summed E-state index contributed by atoms with van der Waals surface area (Å²) in [5.74, 6) is 0.756. The van der Waals surface area contributed by atoms with Gasteiger partial charge in [-0.05, 0) is 19.1 Å². The topological polar surface area (TPSA) is 92.9 Å². The van der Waals surface area contributed by atoms with E-state index < -0.39 is 0 Å². The summed E-state index contributed by atoms with van der Waals surface area (Å²) in [6, 6.07) is 3.42. The molecule has 2 heterocycles. The van der Waals surface area contributed by atoms with Gasteiger partial charge in [0.2, 0.25) is 6.39 Å². The zero-order valence-corrected chi connectivity index (χ0v) is 9.88. The molecule has 0 aliphatic heterocycles. The van der Waals surface area contributed by atoms with Gasteiger partial charge in [-0.3, -0.25) is 4.79 Å². The second-order valence-corrected chi connectivity index (χ2v) is 3.46. The van der Waals surface area contributed by atoms with E-state index in [0.717, 1.165) is 0 Å². The number of carbonyl (C=O) groups is 1. The van der Waals surface area contributed by atoms with E-state index in [2.05, 4.69) is 30.3 Å². The van der Waals surface area contributed by atoms with Crippen molar-refractivity contribution in [2.45, 2.75) is 13.5 Å². The van der Waals surface area contributed by atoms with Gasteiger partial charge in [0.25, 0.3) is 5.91 Å². The number of carbonyl (C=O) groups excluding carboxylic acids is 1. The zero-order valence-electron chi connectivity index (χ0n) is 9.88. The summed E-state index contributed by atoms with van der Waals surface area (Å²) >= 11 is 0. The first-order valence-corrected chi connectivity index (χ1v) is 5.53. The second-order valence-electron chi connectivity index (χ2n) is 3.46. The van der Waals surface area contributed by atoms with Crippen molar-refractivity contribution in [3.8, 4) is 0 Å². The highest BCUT2D eigenvalue weighted by atomic mass is 16.5. The fourth-order valence-electron chi connectivity index (χ4n) is 1.42. The molecule has 7 heteroatoms. The van der Waals surface area contributed by atoms with E-state index in [1.165, 1.54) is 6.39 Å². The van der Waals surface area contributed by atoms with E-state index in [-0.39, 0.29) is 12.5 Å². The Kier molecular flexibility index (Phi) is 3.85. The Hall–Kier alpha value is -2.44. The Labute approximate surface area is 104 Å². The van der Waals surface area contributed by atoms with Crippen LogP contribution in [0.15, 0.2) is 29.2 Å². The van der Waals surface area contributed by atoms with Gasteiger partial charge in [-0.2, -0.15) is 4.98 Å². The third-order valence-corrected chi connectivity index (χ3v) is 2.21. The molecule has 0 spiro atoms. The van der Waals surface area contributed by atoms with Crippen LogP contribution >= 0.6 is 0 Å². The normalized spacial score (nSPS) is 10.1. The third kappa shape index (κ3) is 2.82. The Bertz CT molecular complexity index is 512. The molecule has 0 atom stereocenters. The van der Waals surface area contributed by atoms with Gasteiger partial charge in [0, 0.05) is 12.7 Å². The van der Waals surface area contributed by atoms with Crippen molar-refractivity contribution in [1.82, 2.24) is 20.4 Å². The summed E-state index contributed by atoms with van der Waals surface area (Å²) in [4.78, 5) is 19.9. The third-order valence-electron chi connectivity index (χ3n) is 2.21. The first-order chi connectivity index (χ1) is 8.81. The molecule has 18 heavy (non-hydrogen) atoms. The first kappa shape index (κ1) is 12.0. The minimum absolute atomic E-state index is 0.218. The molecule has 0 fully saturated rings. The van der Waals surface area contributed by atoms with Crippen LogP contribution in [0, 0.1) is 0 Å². The van der Waals surface area contributed by atoms with Crippen LogP contribution in [0.1, 0.15) is 23.1 Å². The summed E-state index contributed by atoms with van der Waals surface area (Å²) in [6.07, 6.45) is 2.85.